The van der Waals surface area contributed by atoms with Crippen LogP contribution in [0.3, 0.4) is 0 Å². The molecule has 1 N–H and O–H groups in total. The standard InChI is InChI=1S/C22H30N2O6/c1-14(2)23-10-6-9-22-15(18(26)24(11-7-12-25)17(22)19(23)27)16-20(28)29-13-5-4-8-21(16,3)30-22/h4,6,8-9,14-17,25H,5,7,10-13H2,1-3H3/t15-,16+,17?,21-,22-/m0/s1. The molecule has 8 heteroatoms. The molecule has 5 atom stereocenters. The molecule has 2 amide bonds. The SMILES string of the molecule is CC(C)N1CC=C[C@]23O[C@@]4(C)C=CCCOC(=O)[C@H]4[C@H]2C(=O)N(CCCO)C3C1=O. The van der Waals surface area contributed by atoms with Gasteiger partial charge in [-0.1, -0.05) is 24.3 Å². The number of aliphatic hydroxyl groups excluding tert-OH is 1. The van der Waals surface area contributed by atoms with Crippen molar-refractivity contribution < 1.29 is 29.0 Å². The summed E-state index contributed by atoms with van der Waals surface area (Å²) in [6.45, 7) is 6.44. The van der Waals surface area contributed by atoms with Crippen molar-refractivity contribution in [2.45, 2.75) is 56.9 Å². The van der Waals surface area contributed by atoms with Crippen molar-refractivity contribution in [3.05, 3.63) is 24.3 Å². The molecular formula is C22H30N2O6. The van der Waals surface area contributed by atoms with Crippen molar-refractivity contribution >= 4 is 17.8 Å². The lowest BCUT2D eigenvalue weighted by Crippen LogP contribution is -2.57. The van der Waals surface area contributed by atoms with Crippen molar-refractivity contribution in [3.8, 4) is 0 Å². The lowest BCUT2D eigenvalue weighted by atomic mass is 9.74. The van der Waals surface area contributed by atoms with Crippen molar-refractivity contribution in [1.29, 1.82) is 0 Å². The molecule has 0 aromatic heterocycles. The van der Waals surface area contributed by atoms with Gasteiger partial charge in [0.1, 0.15) is 17.6 Å². The largest absolute Gasteiger partial charge is 0.465 e. The maximum atomic E-state index is 13.7. The number of cyclic esters (lactones) is 1. The zero-order valence-electron chi connectivity index (χ0n) is 17.7. The summed E-state index contributed by atoms with van der Waals surface area (Å²) >= 11 is 0. The van der Waals surface area contributed by atoms with Crippen LogP contribution in [0.15, 0.2) is 24.3 Å². The molecule has 0 aromatic rings. The zero-order valence-corrected chi connectivity index (χ0v) is 17.7. The highest BCUT2D eigenvalue weighted by molar-refractivity contribution is 5.99. The van der Waals surface area contributed by atoms with Crippen molar-refractivity contribution in [1.82, 2.24) is 9.80 Å². The van der Waals surface area contributed by atoms with Gasteiger partial charge < -0.3 is 24.4 Å². The van der Waals surface area contributed by atoms with E-state index in [1.165, 1.54) is 4.90 Å². The normalized spacial score (nSPS) is 38.2. The summed E-state index contributed by atoms with van der Waals surface area (Å²) in [4.78, 5) is 43.6. The Bertz CT molecular complexity index is 807. The molecule has 0 saturated carbocycles. The van der Waals surface area contributed by atoms with Gasteiger partial charge in [-0.2, -0.15) is 0 Å². The molecule has 8 nitrogen and oxygen atoms in total. The van der Waals surface area contributed by atoms with Crippen molar-refractivity contribution in [2.75, 3.05) is 26.3 Å². The Kier molecular flexibility index (Phi) is 5.26. The van der Waals surface area contributed by atoms with Crippen LogP contribution in [0.2, 0.25) is 0 Å². The van der Waals surface area contributed by atoms with Gasteiger partial charge in [0.15, 0.2) is 0 Å². The molecule has 1 unspecified atom stereocenters. The lowest BCUT2D eigenvalue weighted by Gasteiger charge is -2.38. The molecule has 4 heterocycles. The van der Waals surface area contributed by atoms with Crippen LogP contribution in [-0.4, -0.2) is 82.3 Å². The summed E-state index contributed by atoms with van der Waals surface area (Å²) in [5, 5.41) is 9.35. The second kappa shape index (κ2) is 7.50. The van der Waals surface area contributed by atoms with Gasteiger partial charge in [-0.3, -0.25) is 14.4 Å². The number of rotatable bonds is 4. The van der Waals surface area contributed by atoms with Gasteiger partial charge >= 0.3 is 5.97 Å². The third-order valence-corrected chi connectivity index (χ3v) is 6.73. The summed E-state index contributed by atoms with van der Waals surface area (Å²) in [5.74, 6) is -2.65. The van der Waals surface area contributed by atoms with E-state index in [1.807, 2.05) is 38.2 Å². The van der Waals surface area contributed by atoms with Crippen LogP contribution in [0, 0.1) is 11.8 Å². The molecule has 1 spiro atoms. The summed E-state index contributed by atoms with van der Waals surface area (Å²) in [6.07, 6.45) is 8.35. The molecule has 4 aliphatic rings. The van der Waals surface area contributed by atoms with E-state index in [4.69, 9.17) is 9.47 Å². The molecule has 0 radical (unpaired) electrons. The van der Waals surface area contributed by atoms with E-state index in [0.29, 0.717) is 19.4 Å². The Morgan fingerprint density at radius 1 is 1.17 bits per heavy atom. The van der Waals surface area contributed by atoms with Crippen LogP contribution in [0.5, 0.6) is 0 Å². The number of aliphatic hydroxyl groups is 1. The molecule has 0 bridgehead atoms. The van der Waals surface area contributed by atoms with Gasteiger partial charge in [-0.05, 0) is 33.6 Å². The molecule has 4 rings (SSSR count). The number of hydrogen-bond donors (Lipinski definition) is 1. The fourth-order valence-electron chi connectivity index (χ4n) is 5.45. The van der Waals surface area contributed by atoms with Crippen LogP contribution in [0.25, 0.3) is 0 Å². The number of esters is 1. The molecule has 2 saturated heterocycles. The number of hydrogen-bond acceptors (Lipinski definition) is 6. The third-order valence-electron chi connectivity index (χ3n) is 6.73. The summed E-state index contributed by atoms with van der Waals surface area (Å²) in [5.41, 5.74) is -2.29. The highest BCUT2D eigenvalue weighted by Gasteiger charge is 2.74. The molecule has 0 aliphatic carbocycles. The van der Waals surface area contributed by atoms with E-state index >= 15 is 0 Å². The van der Waals surface area contributed by atoms with Gasteiger partial charge in [-0.15, -0.1) is 0 Å². The maximum Gasteiger partial charge on any atom is 0.313 e. The predicted octanol–water partition coefficient (Wildman–Crippen LogP) is 0.650. The average molecular weight is 418 g/mol. The van der Waals surface area contributed by atoms with Crippen LogP contribution >= 0.6 is 0 Å². The molecule has 2 fully saturated rings. The molecule has 164 valence electrons. The van der Waals surface area contributed by atoms with E-state index in [-0.39, 0.29) is 37.6 Å². The smallest absolute Gasteiger partial charge is 0.313 e. The second-order valence-electron chi connectivity index (χ2n) is 8.95. The maximum absolute atomic E-state index is 13.7. The highest BCUT2D eigenvalue weighted by Crippen LogP contribution is 2.57. The zero-order chi connectivity index (χ0) is 21.7. The first-order valence-electron chi connectivity index (χ1n) is 10.7. The average Bonchev–Trinajstić information content (AvgIpc) is 2.99. The lowest BCUT2D eigenvalue weighted by molar-refractivity contribution is -0.160. The first-order valence-corrected chi connectivity index (χ1v) is 10.7. The van der Waals surface area contributed by atoms with Gasteiger partial charge in [0, 0.05) is 25.7 Å². The number of likely N-dealkylation sites (tertiary alicyclic amines) is 1. The first-order chi connectivity index (χ1) is 14.3. The second-order valence-corrected chi connectivity index (χ2v) is 8.95. The summed E-state index contributed by atoms with van der Waals surface area (Å²) < 4.78 is 12.0. The molecule has 4 aliphatic heterocycles. The fraction of sp³-hybridized carbons (Fsp3) is 0.682. The Hall–Kier alpha value is -2.19. The van der Waals surface area contributed by atoms with Crippen LogP contribution in [0.4, 0.5) is 0 Å². The van der Waals surface area contributed by atoms with E-state index in [9.17, 15) is 19.5 Å². The van der Waals surface area contributed by atoms with Gasteiger partial charge in [0.05, 0.1) is 18.1 Å². The summed E-state index contributed by atoms with van der Waals surface area (Å²) in [7, 11) is 0. The number of carbonyl (C=O) groups is 3. The van der Waals surface area contributed by atoms with E-state index in [0.717, 1.165) is 0 Å². The van der Waals surface area contributed by atoms with Crippen molar-refractivity contribution in [2.24, 2.45) is 11.8 Å². The first kappa shape index (κ1) is 21.1. The minimum Gasteiger partial charge on any atom is -0.465 e. The fourth-order valence-corrected chi connectivity index (χ4v) is 5.45. The van der Waals surface area contributed by atoms with E-state index in [2.05, 4.69) is 0 Å². The molecular weight excluding hydrogens is 388 g/mol. The minimum atomic E-state index is -1.25. The number of carbonyl (C=O) groups excluding carboxylic acids is 3. The molecule has 30 heavy (non-hydrogen) atoms. The van der Waals surface area contributed by atoms with Gasteiger partial charge in [0.2, 0.25) is 11.8 Å². The van der Waals surface area contributed by atoms with E-state index in [1.54, 1.807) is 11.8 Å². The molecule has 0 aromatic carbocycles. The topological polar surface area (TPSA) is 96.4 Å². The quantitative estimate of drug-likeness (QED) is 0.532. The number of amides is 2. The Morgan fingerprint density at radius 3 is 2.63 bits per heavy atom. The van der Waals surface area contributed by atoms with Crippen LogP contribution in [0.1, 0.15) is 33.6 Å². The van der Waals surface area contributed by atoms with Crippen molar-refractivity contribution in [3.63, 3.8) is 0 Å². The number of nitrogens with zero attached hydrogens (tertiary/aromatic N) is 2. The number of fused-ring (bicyclic) bond motifs is 2. The monoisotopic (exact) mass is 418 g/mol. The van der Waals surface area contributed by atoms with Crippen LogP contribution in [-0.2, 0) is 23.9 Å². The van der Waals surface area contributed by atoms with E-state index < -0.39 is 35.0 Å². The Balaban J connectivity index is 1.87. The van der Waals surface area contributed by atoms with Gasteiger partial charge in [0.25, 0.3) is 0 Å². The minimum absolute atomic E-state index is 0.0540. The number of ether oxygens (including phenoxy) is 2. The summed E-state index contributed by atoms with van der Waals surface area (Å²) in [6, 6.07) is -0.935. The Morgan fingerprint density at radius 2 is 1.93 bits per heavy atom. The predicted molar refractivity (Wildman–Crippen MR) is 107 cm³/mol. The highest BCUT2D eigenvalue weighted by atomic mass is 16.6. The third kappa shape index (κ3) is 2.92. The van der Waals surface area contributed by atoms with Crippen LogP contribution < -0.4 is 0 Å². The Labute approximate surface area is 176 Å². The van der Waals surface area contributed by atoms with Gasteiger partial charge in [-0.25, -0.2) is 0 Å².